The Morgan fingerprint density at radius 1 is 1.25 bits per heavy atom. The molecule has 0 aliphatic heterocycles. The van der Waals surface area contributed by atoms with Crippen LogP contribution in [-0.2, 0) is 10.9 Å². The number of carbonyl (C=O) groups is 1. The Hall–Kier alpha value is -2.61. The summed E-state index contributed by atoms with van der Waals surface area (Å²) >= 11 is 0. The van der Waals surface area contributed by atoms with Crippen LogP contribution in [0.3, 0.4) is 0 Å². The molecule has 1 aromatic heterocycles. The summed E-state index contributed by atoms with van der Waals surface area (Å²) < 4.78 is 43.7. The fourth-order valence-corrected chi connectivity index (χ4v) is 1.99. The van der Waals surface area contributed by atoms with Crippen molar-refractivity contribution in [3.63, 3.8) is 0 Å². The summed E-state index contributed by atoms with van der Waals surface area (Å²) in [5.41, 5.74) is -0.590. The number of methoxy groups -OCH3 is 1. The van der Waals surface area contributed by atoms with Crippen LogP contribution < -0.4 is 10.6 Å². The number of pyridine rings is 1. The van der Waals surface area contributed by atoms with Gasteiger partial charge in [-0.05, 0) is 24.3 Å². The second kappa shape index (κ2) is 7.78. The van der Waals surface area contributed by atoms with E-state index in [0.29, 0.717) is 18.8 Å². The number of benzene rings is 1. The largest absolute Gasteiger partial charge is 0.418 e. The first-order valence-corrected chi connectivity index (χ1v) is 7.08. The average Bonchev–Trinajstić information content (AvgIpc) is 2.55. The summed E-state index contributed by atoms with van der Waals surface area (Å²) in [5.74, 6) is -0.720. The lowest BCUT2D eigenvalue weighted by atomic mass is 10.1. The van der Waals surface area contributed by atoms with Gasteiger partial charge in [0.05, 0.1) is 17.9 Å². The van der Waals surface area contributed by atoms with Gasteiger partial charge in [-0.1, -0.05) is 12.1 Å². The van der Waals surface area contributed by atoms with Gasteiger partial charge < -0.3 is 15.4 Å². The number of rotatable bonds is 6. The van der Waals surface area contributed by atoms with Gasteiger partial charge in [0.15, 0.2) is 0 Å². The zero-order valence-corrected chi connectivity index (χ0v) is 12.9. The van der Waals surface area contributed by atoms with Crippen molar-refractivity contribution in [2.45, 2.75) is 6.18 Å². The zero-order valence-electron chi connectivity index (χ0n) is 12.9. The van der Waals surface area contributed by atoms with E-state index in [2.05, 4.69) is 15.6 Å². The van der Waals surface area contributed by atoms with E-state index in [1.165, 1.54) is 30.5 Å². The van der Waals surface area contributed by atoms with E-state index in [9.17, 15) is 18.0 Å². The van der Waals surface area contributed by atoms with Crippen molar-refractivity contribution in [3.05, 3.63) is 53.9 Å². The molecule has 1 heterocycles. The molecule has 1 amide bonds. The van der Waals surface area contributed by atoms with Crippen LogP contribution in [0.5, 0.6) is 0 Å². The molecule has 0 radical (unpaired) electrons. The number of aromatic nitrogens is 1. The number of hydrogen-bond donors (Lipinski definition) is 2. The van der Waals surface area contributed by atoms with Crippen molar-refractivity contribution in [1.29, 1.82) is 0 Å². The highest BCUT2D eigenvalue weighted by atomic mass is 19.4. The summed E-state index contributed by atoms with van der Waals surface area (Å²) in [4.78, 5) is 16.1. The Labute approximate surface area is 136 Å². The van der Waals surface area contributed by atoms with Gasteiger partial charge in [0.1, 0.15) is 5.69 Å². The van der Waals surface area contributed by atoms with Gasteiger partial charge in [-0.2, -0.15) is 13.2 Å². The molecule has 0 atom stereocenters. The number of ether oxygens (including phenoxy) is 1. The quantitative estimate of drug-likeness (QED) is 0.792. The van der Waals surface area contributed by atoms with E-state index in [1.54, 1.807) is 13.2 Å². The number of anilines is 2. The average molecular weight is 339 g/mol. The van der Waals surface area contributed by atoms with Crippen LogP contribution in [0.15, 0.2) is 42.6 Å². The predicted octanol–water partition coefficient (Wildman–Crippen LogP) is 3.41. The molecule has 0 bridgehead atoms. The zero-order chi connectivity index (χ0) is 17.6. The minimum absolute atomic E-state index is 0.00870. The maximum absolute atomic E-state index is 12.9. The third-order valence-corrected chi connectivity index (χ3v) is 3.11. The maximum atomic E-state index is 12.9. The van der Waals surface area contributed by atoms with E-state index >= 15 is 0 Å². The van der Waals surface area contributed by atoms with E-state index in [-0.39, 0.29) is 11.4 Å². The summed E-state index contributed by atoms with van der Waals surface area (Å²) in [6.45, 7) is 1.00. The number of halogens is 3. The molecular weight excluding hydrogens is 323 g/mol. The molecule has 0 fully saturated rings. The second-order valence-corrected chi connectivity index (χ2v) is 4.85. The molecule has 2 N–H and O–H groups in total. The van der Waals surface area contributed by atoms with Gasteiger partial charge in [-0.15, -0.1) is 0 Å². The number of carbonyl (C=O) groups excluding carboxylic acids is 1. The Balaban J connectivity index is 2.15. The summed E-state index contributed by atoms with van der Waals surface area (Å²) in [6.07, 6.45) is -3.15. The number of alkyl halides is 3. The minimum atomic E-state index is -4.55. The molecule has 8 heteroatoms. The smallest absolute Gasteiger partial charge is 0.383 e. The molecule has 5 nitrogen and oxygen atoms in total. The highest BCUT2D eigenvalue weighted by Crippen LogP contribution is 2.34. The van der Waals surface area contributed by atoms with Crippen LogP contribution in [-0.4, -0.2) is 31.2 Å². The van der Waals surface area contributed by atoms with Crippen LogP contribution >= 0.6 is 0 Å². The van der Waals surface area contributed by atoms with Crippen LogP contribution in [0.25, 0.3) is 0 Å². The SMILES string of the molecule is COCCNc1ccnc(C(=O)Nc2ccccc2C(F)(F)F)c1. The number of hydrogen-bond acceptors (Lipinski definition) is 4. The van der Waals surface area contributed by atoms with Gasteiger partial charge in [0, 0.05) is 25.5 Å². The Bertz CT molecular complexity index is 705. The minimum Gasteiger partial charge on any atom is -0.383 e. The lowest BCUT2D eigenvalue weighted by Gasteiger charge is -2.13. The van der Waals surface area contributed by atoms with Crippen molar-refractivity contribution in [1.82, 2.24) is 4.98 Å². The molecule has 0 saturated heterocycles. The van der Waals surface area contributed by atoms with Crippen molar-refractivity contribution in [2.75, 3.05) is 30.9 Å². The van der Waals surface area contributed by atoms with Crippen molar-refractivity contribution in [3.8, 4) is 0 Å². The Kier molecular flexibility index (Phi) is 5.75. The van der Waals surface area contributed by atoms with Gasteiger partial charge in [-0.3, -0.25) is 9.78 Å². The highest BCUT2D eigenvalue weighted by molar-refractivity contribution is 6.03. The normalized spacial score (nSPS) is 11.2. The summed E-state index contributed by atoms with van der Waals surface area (Å²) in [7, 11) is 1.56. The van der Waals surface area contributed by atoms with Crippen LogP contribution in [0.1, 0.15) is 16.1 Å². The molecule has 1 aromatic carbocycles. The van der Waals surface area contributed by atoms with Gasteiger partial charge in [0.25, 0.3) is 5.91 Å². The van der Waals surface area contributed by atoms with Crippen LogP contribution in [0, 0.1) is 0 Å². The van der Waals surface area contributed by atoms with Gasteiger partial charge >= 0.3 is 6.18 Å². The topological polar surface area (TPSA) is 63.2 Å². The van der Waals surface area contributed by atoms with Crippen molar-refractivity contribution < 1.29 is 22.7 Å². The second-order valence-electron chi connectivity index (χ2n) is 4.85. The van der Waals surface area contributed by atoms with Crippen LogP contribution in [0.4, 0.5) is 24.5 Å². The van der Waals surface area contributed by atoms with E-state index in [1.807, 2.05) is 0 Å². The number of para-hydroxylation sites is 1. The molecule has 0 spiro atoms. The molecule has 2 aromatic rings. The fourth-order valence-electron chi connectivity index (χ4n) is 1.99. The third kappa shape index (κ3) is 4.69. The number of nitrogens with one attached hydrogen (secondary N) is 2. The molecule has 2 rings (SSSR count). The first-order valence-electron chi connectivity index (χ1n) is 7.08. The van der Waals surface area contributed by atoms with Gasteiger partial charge in [0.2, 0.25) is 0 Å². The standard InChI is InChI=1S/C16H16F3N3O2/c1-24-9-8-20-11-6-7-21-14(10-11)15(23)22-13-5-3-2-4-12(13)16(17,18)19/h2-7,10H,8-9H2,1H3,(H,20,21)(H,22,23). The first kappa shape index (κ1) is 17.7. The monoisotopic (exact) mass is 339 g/mol. The molecule has 0 aliphatic rings. The Morgan fingerprint density at radius 3 is 2.71 bits per heavy atom. The molecule has 0 saturated carbocycles. The van der Waals surface area contributed by atoms with Gasteiger partial charge in [-0.25, -0.2) is 0 Å². The van der Waals surface area contributed by atoms with E-state index in [4.69, 9.17) is 4.74 Å². The lowest BCUT2D eigenvalue weighted by Crippen LogP contribution is -2.18. The Morgan fingerprint density at radius 2 is 2.00 bits per heavy atom. The van der Waals surface area contributed by atoms with Crippen molar-refractivity contribution >= 4 is 17.3 Å². The number of amides is 1. The third-order valence-electron chi connectivity index (χ3n) is 3.11. The van der Waals surface area contributed by atoms with Crippen LogP contribution in [0.2, 0.25) is 0 Å². The summed E-state index contributed by atoms with van der Waals surface area (Å²) in [6, 6.07) is 7.89. The predicted molar refractivity (Wildman–Crippen MR) is 84.0 cm³/mol. The highest BCUT2D eigenvalue weighted by Gasteiger charge is 2.33. The maximum Gasteiger partial charge on any atom is 0.418 e. The fraction of sp³-hybridized carbons (Fsp3) is 0.250. The molecule has 128 valence electrons. The molecule has 0 aliphatic carbocycles. The van der Waals surface area contributed by atoms with E-state index < -0.39 is 17.6 Å². The van der Waals surface area contributed by atoms with Crippen molar-refractivity contribution in [2.24, 2.45) is 0 Å². The molecule has 0 unspecified atom stereocenters. The number of nitrogens with zero attached hydrogens (tertiary/aromatic N) is 1. The molecular formula is C16H16F3N3O2. The molecule has 24 heavy (non-hydrogen) atoms. The van der Waals surface area contributed by atoms with E-state index in [0.717, 1.165) is 6.07 Å². The summed E-state index contributed by atoms with van der Waals surface area (Å²) in [5, 5.41) is 5.27. The first-order chi connectivity index (χ1) is 11.4. The lowest BCUT2D eigenvalue weighted by molar-refractivity contribution is -0.136.